The second-order valence-electron chi connectivity index (χ2n) is 5.24. The Hall–Kier alpha value is -0.970. The molecule has 0 aromatic carbocycles. The second-order valence-corrected chi connectivity index (χ2v) is 5.24. The summed E-state index contributed by atoms with van der Waals surface area (Å²) < 4.78 is 0. The van der Waals surface area contributed by atoms with Gasteiger partial charge in [-0.25, -0.2) is 0 Å². The summed E-state index contributed by atoms with van der Waals surface area (Å²) in [5, 5.41) is 0. The van der Waals surface area contributed by atoms with Crippen molar-refractivity contribution in [2.24, 2.45) is 5.73 Å². The number of nitrogens with two attached hydrogens (primary N) is 1. The lowest BCUT2D eigenvalue weighted by Crippen LogP contribution is -2.51. The van der Waals surface area contributed by atoms with Crippen molar-refractivity contribution in [3.63, 3.8) is 0 Å². The number of likely N-dealkylation sites (N-methyl/N-ethyl adjacent to an activating group) is 1. The van der Waals surface area contributed by atoms with Gasteiger partial charge in [0.25, 0.3) is 0 Å². The lowest BCUT2D eigenvalue weighted by molar-refractivity contribution is 0.0846. The van der Waals surface area contributed by atoms with Gasteiger partial charge in [0.2, 0.25) is 0 Å². The third-order valence-electron chi connectivity index (χ3n) is 4.12. The zero-order chi connectivity index (χ0) is 13.7. The molecular formula is C15H26N4. The fraction of sp³-hybridized carbons (Fsp3) is 0.667. The molecule has 0 aliphatic carbocycles. The smallest absolute Gasteiger partial charge is 0.0674 e. The second kappa shape index (κ2) is 6.98. The molecule has 0 saturated carbocycles. The standard InChI is InChI=1S/C15H26N4/c1-3-13(16)15(14-7-5-6-8-17-14)19-11-9-18(4-2)10-12-19/h5-8,13,15H,3-4,9-12,16H2,1-2H3. The predicted octanol–water partition coefficient (Wildman–Crippen LogP) is 1.50. The van der Waals surface area contributed by atoms with Crippen LogP contribution in [0.1, 0.15) is 32.0 Å². The van der Waals surface area contributed by atoms with Gasteiger partial charge in [0.05, 0.1) is 11.7 Å². The summed E-state index contributed by atoms with van der Waals surface area (Å²) in [6, 6.07) is 6.53. The third kappa shape index (κ3) is 3.53. The average molecular weight is 262 g/mol. The van der Waals surface area contributed by atoms with Crippen LogP contribution >= 0.6 is 0 Å². The minimum Gasteiger partial charge on any atom is -0.326 e. The molecule has 2 heterocycles. The van der Waals surface area contributed by atoms with Crippen molar-refractivity contribution in [3.05, 3.63) is 30.1 Å². The predicted molar refractivity (Wildman–Crippen MR) is 78.9 cm³/mol. The Bertz CT molecular complexity index is 360. The Balaban J connectivity index is 2.11. The van der Waals surface area contributed by atoms with E-state index in [2.05, 4.69) is 40.8 Å². The molecule has 0 radical (unpaired) electrons. The zero-order valence-electron chi connectivity index (χ0n) is 12.1. The van der Waals surface area contributed by atoms with E-state index < -0.39 is 0 Å². The molecule has 1 aliphatic heterocycles. The fourth-order valence-electron chi connectivity index (χ4n) is 2.81. The van der Waals surface area contributed by atoms with Gasteiger partial charge in [0.15, 0.2) is 0 Å². The molecule has 2 rings (SSSR count). The van der Waals surface area contributed by atoms with Crippen molar-refractivity contribution in [1.82, 2.24) is 14.8 Å². The first kappa shape index (κ1) is 14.4. The molecule has 1 fully saturated rings. The van der Waals surface area contributed by atoms with Crippen LogP contribution < -0.4 is 5.73 Å². The van der Waals surface area contributed by atoms with E-state index in [9.17, 15) is 0 Å². The van der Waals surface area contributed by atoms with Crippen molar-refractivity contribution >= 4 is 0 Å². The number of piperazine rings is 1. The first-order valence-corrected chi connectivity index (χ1v) is 7.39. The lowest BCUT2D eigenvalue weighted by atomic mass is 10.00. The van der Waals surface area contributed by atoms with Crippen LogP contribution in [-0.4, -0.2) is 53.5 Å². The quantitative estimate of drug-likeness (QED) is 0.873. The molecule has 0 bridgehead atoms. The van der Waals surface area contributed by atoms with Crippen LogP contribution in [0.2, 0.25) is 0 Å². The molecule has 1 aromatic heterocycles. The Kier molecular flexibility index (Phi) is 5.31. The van der Waals surface area contributed by atoms with Gasteiger partial charge in [-0.2, -0.15) is 0 Å². The summed E-state index contributed by atoms with van der Waals surface area (Å²) >= 11 is 0. The van der Waals surface area contributed by atoms with Crippen LogP contribution in [0.15, 0.2) is 24.4 Å². The Morgan fingerprint density at radius 3 is 2.47 bits per heavy atom. The van der Waals surface area contributed by atoms with Gasteiger partial charge in [-0.05, 0) is 25.1 Å². The molecule has 4 heteroatoms. The van der Waals surface area contributed by atoms with E-state index in [0.29, 0.717) is 0 Å². The van der Waals surface area contributed by atoms with Crippen LogP contribution in [-0.2, 0) is 0 Å². The normalized spacial score (nSPS) is 21.2. The molecule has 0 spiro atoms. The number of hydrogen-bond donors (Lipinski definition) is 1. The molecule has 2 unspecified atom stereocenters. The molecule has 0 amide bonds. The van der Waals surface area contributed by atoms with Crippen LogP contribution in [0.4, 0.5) is 0 Å². The number of aromatic nitrogens is 1. The molecule has 106 valence electrons. The van der Waals surface area contributed by atoms with Crippen LogP contribution in [0.5, 0.6) is 0 Å². The van der Waals surface area contributed by atoms with Gasteiger partial charge in [-0.3, -0.25) is 9.88 Å². The summed E-state index contributed by atoms with van der Waals surface area (Å²) in [6.45, 7) is 9.96. The highest BCUT2D eigenvalue weighted by Gasteiger charge is 2.29. The SMILES string of the molecule is CCC(N)C(c1ccccn1)N1CCN(CC)CC1. The molecular weight excluding hydrogens is 236 g/mol. The maximum Gasteiger partial charge on any atom is 0.0674 e. The van der Waals surface area contributed by atoms with Gasteiger partial charge < -0.3 is 10.6 Å². The van der Waals surface area contributed by atoms with Crippen LogP contribution in [0.3, 0.4) is 0 Å². The highest BCUT2D eigenvalue weighted by Crippen LogP contribution is 2.24. The molecule has 1 saturated heterocycles. The molecule has 2 N–H and O–H groups in total. The minimum absolute atomic E-state index is 0.156. The van der Waals surface area contributed by atoms with E-state index in [1.807, 2.05) is 12.3 Å². The highest BCUT2D eigenvalue weighted by atomic mass is 15.3. The number of nitrogens with zero attached hydrogens (tertiary/aromatic N) is 3. The number of hydrogen-bond acceptors (Lipinski definition) is 4. The third-order valence-corrected chi connectivity index (χ3v) is 4.12. The molecule has 2 atom stereocenters. The summed E-state index contributed by atoms with van der Waals surface area (Å²) in [7, 11) is 0. The van der Waals surface area contributed by atoms with Gasteiger partial charge in [-0.15, -0.1) is 0 Å². The van der Waals surface area contributed by atoms with Crippen LogP contribution in [0, 0.1) is 0 Å². The van der Waals surface area contributed by atoms with E-state index in [1.165, 1.54) is 0 Å². The summed E-state index contributed by atoms with van der Waals surface area (Å²) in [6.07, 6.45) is 2.85. The van der Waals surface area contributed by atoms with E-state index in [4.69, 9.17) is 5.73 Å². The molecule has 1 aliphatic rings. The Morgan fingerprint density at radius 1 is 1.21 bits per heavy atom. The van der Waals surface area contributed by atoms with Crippen molar-refractivity contribution in [1.29, 1.82) is 0 Å². The van der Waals surface area contributed by atoms with Crippen molar-refractivity contribution < 1.29 is 0 Å². The highest BCUT2D eigenvalue weighted by molar-refractivity contribution is 5.12. The molecule has 4 nitrogen and oxygen atoms in total. The van der Waals surface area contributed by atoms with Crippen molar-refractivity contribution in [2.45, 2.75) is 32.4 Å². The Labute approximate surface area is 116 Å². The average Bonchev–Trinajstić information content (AvgIpc) is 2.49. The molecule has 1 aromatic rings. The Morgan fingerprint density at radius 2 is 1.95 bits per heavy atom. The fourth-order valence-corrected chi connectivity index (χ4v) is 2.81. The lowest BCUT2D eigenvalue weighted by Gasteiger charge is -2.40. The maximum atomic E-state index is 6.35. The first-order chi connectivity index (χ1) is 9.26. The summed E-state index contributed by atoms with van der Waals surface area (Å²) in [4.78, 5) is 9.52. The zero-order valence-corrected chi connectivity index (χ0v) is 12.1. The van der Waals surface area contributed by atoms with Gasteiger partial charge in [0.1, 0.15) is 0 Å². The monoisotopic (exact) mass is 262 g/mol. The number of pyridine rings is 1. The maximum absolute atomic E-state index is 6.35. The van der Waals surface area contributed by atoms with E-state index in [0.717, 1.165) is 44.8 Å². The van der Waals surface area contributed by atoms with Gasteiger partial charge in [0, 0.05) is 38.4 Å². The summed E-state index contributed by atoms with van der Waals surface area (Å²) in [5.74, 6) is 0. The summed E-state index contributed by atoms with van der Waals surface area (Å²) in [5.41, 5.74) is 7.46. The minimum atomic E-state index is 0.156. The first-order valence-electron chi connectivity index (χ1n) is 7.39. The van der Waals surface area contributed by atoms with E-state index >= 15 is 0 Å². The topological polar surface area (TPSA) is 45.4 Å². The van der Waals surface area contributed by atoms with E-state index in [-0.39, 0.29) is 12.1 Å². The van der Waals surface area contributed by atoms with Crippen LogP contribution in [0.25, 0.3) is 0 Å². The van der Waals surface area contributed by atoms with Crippen molar-refractivity contribution in [2.75, 3.05) is 32.7 Å². The van der Waals surface area contributed by atoms with Gasteiger partial charge >= 0.3 is 0 Å². The number of rotatable bonds is 5. The van der Waals surface area contributed by atoms with E-state index in [1.54, 1.807) is 0 Å². The van der Waals surface area contributed by atoms with Crippen molar-refractivity contribution in [3.8, 4) is 0 Å². The van der Waals surface area contributed by atoms with Gasteiger partial charge in [-0.1, -0.05) is 19.9 Å². The molecule has 19 heavy (non-hydrogen) atoms. The largest absolute Gasteiger partial charge is 0.326 e.